The van der Waals surface area contributed by atoms with Crippen molar-refractivity contribution in [1.29, 1.82) is 0 Å². The highest BCUT2D eigenvalue weighted by atomic mass is 16.2. The van der Waals surface area contributed by atoms with Crippen molar-refractivity contribution in [2.45, 2.75) is 19.8 Å². The predicted octanol–water partition coefficient (Wildman–Crippen LogP) is 0.594. The summed E-state index contributed by atoms with van der Waals surface area (Å²) in [4.78, 5) is 28.2. The van der Waals surface area contributed by atoms with Crippen LogP contribution in [-0.2, 0) is 16.0 Å². The molecule has 0 aromatic carbocycles. The number of carbonyl (C=O) groups is 2. The Morgan fingerprint density at radius 1 is 1.39 bits per heavy atom. The zero-order chi connectivity index (χ0) is 13.5. The number of pyridine rings is 1. The number of nitrogens with zero attached hydrogens (tertiary/aromatic N) is 2. The molecule has 0 spiro atoms. The van der Waals surface area contributed by atoms with Crippen LogP contribution in [0.2, 0.25) is 0 Å². The number of hydrogen-bond donors (Lipinski definition) is 1. The predicted molar refractivity (Wildman–Crippen MR) is 68.6 cm³/mol. The summed E-state index contributed by atoms with van der Waals surface area (Å²) >= 11 is 0. The minimum atomic E-state index is -0.439. The van der Waals surface area contributed by atoms with E-state index in [1.54, 1.807) is 31.3 Å². The van der Waals surface area contributed by atoms with Gasteiger partial charge in [0.2, 0.25) is 11.8 Å². The second-order valence-electron chi connectivity index (χ2n) is 4.43. The zero-order valence-electron chi connectivity index (χ0n) is 10.8. The average Bonchev–Trinajstić information content (AvgIpc) is 2.36. The van der Waals surface area contributed by atoms with Gasteiger partial charge in [0.25, 0.3) is 0 Å². The maximum atomic E-state index is 11.8. The molecule has 0 aliphatic heterocycles. The molecule has 1 unspecified atom stereocenters. The van der Waals surface area contributed by atoms with Crippen molar-refractivity contribution in [3.63, 3.8) is 0 Å². The van der Waals surface area contributed by atoms with Crippen LogP contribution >= 0.6 is 0 Å². The van der Waals surface area contributed by atoms with E-state index in [1.165, 1.54) is 0 Å². The molecule has 0 saturated carbocycles. The molecule has 1 heterocycles. The van der Waals surface area contributed by atoms with E-state index in [4.69, 9.17) is 5.73 Å². The van der Waals surface area contributed by atoms with E-state index < -0.39 is 11.8 Å². The van der Waals surface area contributed by atoms with E-state index in [2.05, 4.69) is 4.98 Å². The first kappa shape index (κ1) is 14.2. The van der Waals surface area contributed by atoms with Crippen molar-refractivity contribution in [2.24, 2.45) is 11.7 Å². The maximum absolute atomic E-state index is 11.8. The third-order valence-electron chi connectivity index (χ3n) is 2.88. The maximum Gasteiger partial charge on any atom is 0.223 e. The fourth-order valence-corrected chi connectivity index (χ4v) is 1.49. The highest BCUT2D eigenvalue weighted by Crippen LogP contribution is 2.05. The molecule has 0 radical (unpaired) electrons. The lowest BCUT2D eigenvalue weighted by molar-refractivity contribution is -0.134. The number of primary amides is 1. The fourth-order valence-electron chi connectivity index (χ4n) is 1.49. The first-order chi connectivity index (χ1) is 8.50. The average molecular weight is 249 g/mol. The first-order valence-electron chi connectivity index (χ1n) is 5.93. The molecule has 0 saturated heterocycles. The van der Waals surface area contributed by atoms with Crippen LogP contribution in [-0.4, -0.2) is 35.3 Å². The van der Waals surface area contributed by atoms with Crippen molar-refractivity contribution >= 4 is 11.8 Å². The van der Waals surface area contributed by atoms with Gasteiger partial charge >= 0.3 is 0 Å². The van der Waals surface area contributed by atoms with Gasteiger partial charge in [-0.1, -0.05) is 6.92 Å². The summed E-state index contributed by atoms with van der Waals surface area (Å²) in [7, 11) is 1.73. The number of carbonyl (C=O) groups excluding carboxylic acids is 2. The van der Waals surface area contributed by atoms with E-state index in [1.807, 2.05) is 12.1 Å². The van der Waals surface area contributed by atoms with Crippen LogP contribution < -0.4 is 5.73 Å². The number of amides is 2. The van der Waals surface area contributed by atoms with Crippen LogP contribution in [0.3, 0.4) is 0 Å². The molecule has 0 aliphatic rings. The highest BCUT2D eigenvalue weighted by molar-refractivity contribution is 5.84. The molecule has 0 bridgehead atoms. The molecule has 18 heavy (non-hydrogen) atoms. The molecule has 5 nitrogen and oxygen atoms in total. The van der Waals surface area contributed by atoms with Crippen molar-refractivity contribution in [3.05, 3.63) is 30.1 Å². The Morgan fingerprint density at radius 3 is 2.56 bits per heavy atom. The molecule has 2 N–H and O–H groups in total. The normalized spacial score (nSPS) is 11.9. The number of nitrogens with two attached hydrogens (primary N) is 1. The van der Waals surface area contributed by atoms with Gasteiger partial charge in [-0.05, 0) is 24.1 Å². The summed E-state index contributed by atoms with van der Waals surface area (Å²) in [6.45, 7) is 2.28. The van der Waals surface area contributed by atoms with Crippen LogP contribution in [0.25, 0.3) is 0 Å². The van der Waals surface area contributed by atoms with E-state index in [9.17, 15) is 9.59 Å². The van der Waals surface area contributed by atoms with E-state index in [0.29, 0.717) is 6.54 Å². The number of hydrogen-bond acceptors (Lipinski definition) is 3. The van der Waals surface area contributed by atoms with Crippen molar-refractivity contribution in [2.75, 3.05) is 13.6 Å². The van der Waals surface area contributed by atoms with Gasteiger partial charge in [-0.2, -0.15) is 0 Å². The molecule has 0 fully saturated rings. The van der Waals surface area contributed by atoms with Gasteiger partial charge in [0.15, 0.2) is 0 Å². The van der Waals surface area contributed by atoms with Gasteiger partial charge in [0.05, 0.1) is 0 Å². The van der Waals surface area contributed by atoms with E-state index >= 15 is 0 Å². The van der Waals surface area contributed by atoms with E-state index in [-0.39, 0.29) is 12.3 Å². The SMILES string of the molecule is CC(CC(=O)N(C)CCc1ccncc1)C(N)=O. The summed E-state index contributed by atoms with van der Waals surface area (Å²) in [6, 6.07) is 3.84. The highest BCUT2D eigenvalue weighted by Gasteiger charge is 2.16. The fraction of sp³-hybridized carbons (Fsp3) is 0.462. The Kier molecular flexibility index (Phi) is 5.30. The Hall–Kier alpha value is -1.91. The quantitative estimate of drug-likeness (QED) is 0.801. The second kappa shape index (κ2) is 6.74. The Morgan fingerprint density at radius 2 is 2.00 bits per heavy atom. The van der Waals surface area contributed by atoms with Gasteiger partial charge in [-0.3, -0.25) is 14.6 Å². The molecule has 1 aromatic rings. The minimum absolute atomic E-state index is 0.0599. The molecule has 1 aromatic heterocycles. The summed E-state index contributed by atoms with van der Waals surface area (Å²) < 4.78 is 0. The molecule has 1 rings (SSSR count). The molecular formula is C13H19N3O2. The molecule has 5 heteroatoms. The first-order valence-corrected chi connectivity index (χ1v) is 5.93. The monoisotopic (exact) mass is 249 g/mol. The van der Waals surface area contributed by atoms with Crippen molar-refractivity contribution in [1.82, 2.24) is 9.88 Å². The van der Waals surface area contributed by atoms with Crippen LogP contribution in [0, 0.1) is 5.92 Å². The lowest BCUT2D eigenvalue weighted by Gasteiger charge is -2.18. The van der Waals surface area contributed by atoms with Gasteiger partial charge < -0.3 is 10.6 Å². The summed E-state index contributed by atoms with van der Waals surface area (Å²) in [5, 5.41) is 0. The molecular weight excluding hydrogens is 230 g/mol. The van der Waals surface area contributed by atoms with E-state index in [0.717, 1.165) is 12.0 Å². The third-order valence-corrected chi connectivity index (χ3v) is 2.88. The summed E-state index contributed by atoms with van der Waals surface area (Å²) in [6.07, 6.45) is 4.40. The Bertz CT molecular complexity index is 406. The minimum Gasteiger partial charge on any atom is -0.369 e. The molecule has 0 aliphatic carbocycles. The number of likely N-dealkylation sites (N-methyl/N-ethyl adjacent to an activating group) is 1. The Balaban J connectivity index is 2.39. The van der Waals surface area contributed by atoms with Crippen LogP contribution in [0.5, 0.6) is 0 Å². The molecule has 1 atom stereocenters. The standard InChI is InChI=1S/C13H19N3O2/c1-10(13(14)18)9-12(17)16(2)8-5-11-3-6-15-7-4-11/h3-4,6-7,10H,5,8-9H2,1-2H3,(H2,14,18). The van der Waals surface area contributed by atoms with Gasteiger partial charge in [0.1, 0.15) is 0 Å². The molecule has 2 amide bonds. The summed E-state index contributed by atoms with van der Waals surface area (Å²) in [5.74, 6) is -0.915. The van der Waals surface area contributed by atoms with Crippen LogP contribution in [0.1, 0.15) is 18.9 Å². The lowest BCUT2D eigenvalue weighted by atomic mass is 10.1. The van der Waals surface area contributed by atoms with Crippen molar-refractivity contribution in [3.8, 4) is 0 Å². The van der Waals surface area contributed by atoms with Gasteiger partial charge in [-0.15, -0.1) is 0 Å². The third kappa shape index (κ3) is 4.53. The van der Waals surface area contributed by atoms with Gasteiger partial charge in [0, 0.05) is 38.3 Å². The van der Waals surface area contributed by atoms with Crippen LogP contribution in [0.4, 0.5) is 0 Å². The lowest BCUT2D eigenvalue weighted by Crippen LogP contribution is -2.33. The van der Waals surface area contributed by atoms with Crippen LogP contribution in [0.15, 0.2) is 24.5 Å². The Labute approximate surface area is 107 Å². The summed E-state index contributed by atoms with van der Waals surface area (Å²) in [5.41, 5.74) is 6.26. The zero-order valence-corrected chi connectivity index (χ0v) is 10.8. The largest absolute Gasteiger partial charge is 0.369 e. The van der Waals surface area contributed by atoms with Gasteiger partial charge in [-0.25, -0.2) is 0 Å². The van der Waals surface area contributed by atoms with Crippen molar-refractivity contribution < 1.29 is 9.59 Å². The number of rotatable bonds is 6. The topological polar surface area (TPSA) is 76.3 Å². The smallest absolute Gasteiger partial charge is 0.223 e. The molecule has 98 valence electrons. The second-order valence-corrected chi connectivity index (χ2v) is 4.43. The number of aromatic nitrogens is 1.